The van der Waals surface area contributed by atoms with E-state index in [0.29, 0.717) is 12.2 Å². The van der Waals surface area contributed by atoms with Crippen molar-refractivity contribution in [2.75, 3.05) is 23.8 Å². The van der Waals surface area contributed by atoms with E-state index in [-0.39, 0.29) is 24.5 Å². The second-order valence-corrected chi connectivity index (χ2v) is 9.92. The van der Waals surface area contributed by atoms with Crippen LogP contribution in [0.2, 0.25) is 0 Å². The molecule has 0 spiro atoms. The first-order valence-electron chi connectivity index (χ1n) is 11.2. The van der Waals surface area contributed by atoms with Gasteiger partial charge in [0.2, 0.25) is 5.91 Å². The lowest BCUT2D eigenvalue weighted by Crippen LogP contribution is -2.47. The van der Waals surface area contributed by atoms with Crippen molar-refractivity contribution < 1.29 is 15.0 Å². The highest BCUT2D eigenvalue weighted by Crippen LogP contribution is 2.61. The van der Waals surface area contributed by atoms with Crippen LogP contribution < -0.4 is 10.6 Å². The highest BCUT2D eigenvalue weighted by molar-refractivity contribution is 6.01. The summed E-state index contributed by atoms with van der Waals surface area (Å²) in [6.45, 7) is -0.340. The first kappa shape index (κ1) is 19.8. The molecule has 2 aromatic rings. The Kier molecular flexibility index (Phi) is 5.15. The molecule has 0 unspecified atom stereocenters. The summed E-state index contributed by atoms with van der Waals surface area (Å²) < 4.78 is 0. The highest BCUT2D eigenvalue weighted by Gasteiger charge is 2.51. The Morgan fingerprint density at radius 2 is 1.70 bits per heavy atom. The molecule has 6 heteroatoms. The van der Waals surface area contributed by atoms with E-state index < -0.39 is 6.04 Å². The van der Waals surface area contributed by atoms with Gasteiger partial charge in [-0.15, -0.1) is 0 Å². The van der Waals surface area contributed by atoms with Gasteiger partial charge in [0.25, 0.3) is 0 Å². The van der Waals surface area contributed by atoms with Crippen LogP contribution in [0.3, 0.4) is 0 Å². The summed E-state index contributed by atoms with van der Waals surface area (Å²) in [7, 11) is 0. The molecular weight excluding hydrogens is 378 g/mol. The van der Waals surface area contributed by atoms with Crippen molar-refractivity contribution >= 4 is 28.3 Å². The number of rotatable bonds is 7. The van der Waals surface area contributed by atoms with E-state index in [2.05, 4.69) is 15.6 Å². The number of anilines is 2. The fourth-order valence-corrected chi connectivity index (χ4v) is 6.74. The van der Waals surface area contributed by atoms with E-state index in [1.54, 1.807) is 0 Å². The first-order chi connectivity index (χ1) is 14.6. The standard InChI is InChI=1S/C24H31N3O3/c28-13-18(14-29)25-22-5-4-19-20(26-22)2-1-3-21(19)27-23(30)12-24-9-15-6-16(10-24)8-17(7-15)11-24/h1-5,15-18,28-29H,6-14H2,(H,25,26)(H,27,30). The molecule has 6 nitrogen and oxygen atoms in total. The lowest BCUT2D eigenvalue weighted by Gasteiger charge is -2.56. The van der Waals surface area contributed by atoms with E-state index >= 15 is 0 Å². The first-order valence-corrected chi connectivity index (χ1v) is 11.2. The predicted octanol–water partition coefficient (Wildman–Crippen LogP) is 3.54. The number of nitrogens with zero attached hydrogens (tertiary/aromatic N) is 1. The highest BCUT2D eigenvalue weighted by atomic mass is 16.3. The Morgan fingerprint density at radius 3 is 2.33 bits per heavy atom. The van der Waals surface area contributed by atoms with Gasteiger partial charge in [0, 0.05) is 11.8 Å². The number of aromatic nitrogens is 1. The number of aliphatic hydroxyl groups is 2. The number of nitrogens with one attached hydrogen (secondary N) is 2. The number of hydrogen-bond donors (Lipinski definition) is 4. The molecule has 4 saturated carbocycles. The number of aliphatic hydroxyl groups excluding tert-OH is 2. The van der Waals surface area contributed by atoms with Gasteiger partial charge in [-0.1, -0.05) is 6.07 Å². The van der Waals surface area contributed by atoms with Crippen LogP contribution in [0.4, 0.5) is 11.5 Å². The zero-order valence-electron chi connectivity index (χ0n) is 17.3. The van der Waals surface area contributed by atoms with E-state index in [1.807, 2.05) is 30.3 Å². The van der Waals surface area contributed by atoms with Gasteiger partial charge in [-0.2, -0.15) is 0 Å². The maximum Gasteiger partial charge on any atom is 0.224 e. The molecule has 0 atom stereocenters. The molecule has 0 radical (unpaired) electrons. The molecule has 160 valence electrons. The van der Waals surface area contributed by atoms with E-state index in [4.69, 9.17) is 0 Å². The third kappa shape index (κ3) is 3.79. The van der Waals surface area contributed by atoms with E-state index in [0.717, 1.165) is 34.3 Å². The Labute approximate surface area is 177 Å². The van der Waals surface area contributed by atoms with Gasteiger partial charge in [0.15, 0.2) is 0 Å². The maximum atomic E-state index is 13.0. The summed E-state index contributed by atoms with van der Waals surface area (Å²) >= 11 is 0. The third-order valence-corrected chi connectivity index (χ3v) is 7.50. The second-order valence-electron chi connectivity index (χ2n) is 9.92. The fourth-order valence-electron chi connectivity index (χ4n) is 6.74. The normalized spacial score (nSPS) is 29.5. The number of carbonyl (C=O) groups excluding carboxylic acids is 1. The molecule has 4 bridgehead atoms. The molecule has 6 rings (SSSR count). The third-order valence-electron chi connectivity index (χ3n) is 7.50. The minimum Gasteiger partial charge on any atom is -0.394 e. The average Bonchev–Trinajstić information content (AvgIpc) is 2.70. The largest absolute Gasteiger partial charge is 0.394 e. The molecule has 1 heterocycles. The van der Waals surface area contributed by atoms with Crippen LogP contribution in [0.1, 0.15) is 44.9 Å². The van der Waals surface area contributed by atoms with Gasteiger partial charge >= 0.3 is 0 Å². The predicted molar refractivity (Wildman–Crippen MR) is 117 cm³/mol. The molecule has 0 saturated heterocycles. The molecule has 4 fully saturated rings. The van der Waals surface area contributed by atoms with Crippen molar-refractivity contribution in [2.24, 2.45) is 23.2 Å². The lowest BCUT2D eigenvalue weighted by atomic mass is 9.49. The number of amides is 1. The van der Waals surface area contributed by atoms with Gasteiger partial charge in [-0.3, -0.25) is 4.79 Å². The van der Waals surface area contributed by atoms with Gasteiger partial charge < -0.3 is 20.8 Å². The Morgan fingerprint density at radius 1 is 1.03 bits per heavy atom. The van der Waals surface area contributed by atoms with Crippen LogP contribution in [-0.2, 0) is 4.79 Å². The minimum atomic E-state index is -0.446. The molecule has 1 amide bonds. The number of pyridine rings is 1. The topological polar surface area (TPSA) is 94.5 Å². The van der Waals surface area contributed by atoms with E-state index in [9.17, 15) is 15.0 Å². The van der Waals surface area contributed by atoms with Crippen LogP contribution in [0, 0.1) is 23.2 Å². The zero-order valence-corrected chi connectivity index (χ0v) is 17.3. The minimum absolute atomic E-state index is 0.118. The van der Waals surface area contributed by atoms with Gasteiger partial charge in [-0.25, -0.2) is 4.98 Å². The average molecular weight is 410 g/mol. The molecule has 4 aliphatic rings. The second kappa shape index (κ2) is 7.82. The Bertz CT molecular complexity index is 905. The number of carbonyl (C=O) groups is 1. The van der Waals surface area contributed by atoms with Gasteiger partial charge in [0.1, 0.15) is 5.82 Å². The fraction of sp³-hybridized carbons (Fsp3) is 0.583. The van der Waals surface area contributed by atoms with Crippen molar-refractivity contribution in [3.63, 3.8) is 0 Å². The summed E-state index contributed by atoms with van der Waals surface area (Å²) in [5.41, 5.74) is 1.78. The summed E-state index contributed by atoms with van der Waals surface area (Å²) in [4.78, 5) is 17.6. The molecule has 1 aromatic heterocycles. The molecule has 4 aliphatic carbocycles. The molecule has 30 heavy (non-hydrogen) atoms. The Balaban J connectivity index is 1.31. The monoisotopic (exact) mass is 409 g/mol. The lowest BCUT2D eigenvalue weighted by molar-refractivity contribution is -0.124. The Hall–Kier alpha value is -2.18. The SMILES string of the molecule is O=C(CC12CC3CC(CC(C3)C1)C2)Nc1cccc2nc(NC(CO)CO)ccc12. The van der Waals surface area contributed by atoms with Crippen LogP contribution in [-0.4, -0.2) is 40.4 Å². The number of fused-ring (bicyclic) bond motifs is 1. The molecular formula is C24H31N3O3. The van der Waals surface area contributed by atoms with Crippen LogP contribution in [0.15, 0.2) is 30.3 Å². The van der Waals surface area contributed by atoms with Crippen molar-refractivity contribution in [2.45, 2.75) is 51.0 Å². The van der Waals surface area contributed by atoms with Crippen LogP contribution in [0.25, 0.3) is 10.9 Å². The van der Waals surface area contributed by atoms with Crippen molar-refractivity contribution in [1.82, 2.24) is 4.98 Å². The number of hydrogen-bond acceptors (Lipinski definition) is 5. The molecule has 0 aliphatic heterocycles. The van der Waals surface area contributed by atoms with Crippen molar-refractivity contribution in [3.8, 4) is 0 Å². The quantitative estimate of drug-likeness (QED) is 0.561. The number of benzene rings is 1. The summed E-state index contributed by atoms with van der Waals surface area (Å²) in [6, 6.07) is 9.03. The van der Waals surface area contributed by atoms with E-state index in [1.165, 1.54) is 38.5 Å². The van der Waals surface area contributed by atoms with Crippen molar-refractivity contribution in [3.05, 3.63) is 30.3 Å². The summed E-state index contributed by atoms with van der Waals surface area (Å²) in [5, 5.41) is 25.6. The molecule has 1 aromatic carbocycles. The summed E-state index contributed by atoms with van der Waals surface area (Å²) in [6.07, 6.45) is 8.49. The maximum absolute atomic E-state index is 13.0. The van der Waals surface area contributed by atoms with Crippen LogP contribution >= 0.6 is 0 Å². The van der Waals surface area contributed by atoms with Crippen LogP contribution in [0.5, 0.6) is 0 Å². The molecule has 4 N–H and O–H groups in total. The van der Waals surface area contributed by atoms with Gasteiger partial charge in [0.05, 0.1) is 30.5 Å². The smallest absolute Gasteiger partial charge is 0.224 e. The zero-order chi connectivity index (χ0) is 20.7. The van der Waals surface area contributed by atoms with Crippen molar-refractivity contribution in [1.29, 1.82) is 0 Å². The summed E-state index contributed by atoms with van der Waals surface area (Å²) in [5.74, 6) is 3.25. The van der Waals surface area contributed by atoms with Gasteiger partial charge in [-0.05, 0) is 86.0 Å².